The molecule has 0 saturated heterocycles. The summed E-state index contributed by atoms with van der Waals surface area (Å²) in [5.41, 5.74) is 0.917. The number of benzene rings is 1. The van der Waals surface area contributed by atoms with Gasteiger partial charge < -0.3 is 4.74 Å². The molecule has 1 aromatic carbocycles. The molecule has 0 bridgehead atoms. The molecular weight excluding hydrogens is 208 g/mol. The molecule has 0 aliphatic carbocycles. The molecule has 0 fully saturated rings. The van der Waals surface area contributed by atoms with E-state index in [1.54, 1.807) is 0 Å². The summed E-state index contributed by atoms with van der Waals surface area (Å²) in [6, 6.07) is 9.36. The van der Waals surface area contributed by atoms with E-state index >= 15 is 0 Å². The second kappa shape index (κ2) is 7.46. The lowest BCUT2D eigenvalue weighted by Gasteiger charge is -2.03. The molecule has 0 amide bonds. The molecule has 1 rings (SSSR count). The van der Waals surface area contributed by atoms with Gasteiger partial charge in [-0.1, -0.05) is 36.3 Å². The minimum atomic E-state index is -0.605. The van der Waals surface area contributed by atoms with Gasteiger partial charge in [0.15, 0.2) is 0 Å². The van der Waals surface area contributed by atoms with Gasteiger partial charge in [0.05, 0.1) is 0 Å². The Bertz CT molecular complexity index is 353. The number of hydrogen-bond acceptors (Lipinski definition) is 4. The van der Waals surface area contributed by atoms with Crippen LogP contribution in [0.4, 0.5) is 0 Å². The molecule has 0 radical (unpaired) electrons. The van der Waals surface area contributed by atoms with Gasteiger partial charge >= 0.3 is 5.97 Å². The predicted octanol–water partition coefficient (Wildman–Crippen LogP) is 1.31. The van der Waals surface area contributed by atoms with Crippen molar-refractivity contribution in [1.82, 2.24) is 0 Å². The van der Waals surface area contributed by atoms with Crippen molar-refractivity contribution in [3.05, 3.63) is 35.9 Å². The summed E-state index contributed by atoms with van der Waals surface area (Å²) in [4.78, 5) is 20.2. The number of carbonyl (C=O) groups is 1. The Hall–Kier alpha value is -1.83. The topological polar surface area (TPSA) is 44.8 Å². The van der Waals surface area contributed by atoms with Gasteiger partial charge in [0, 0.05) is 0 Å². The summed E-state index contributed by atoms with van der Waals surface area (Å²) >= 11 is 0. The summed E-state index contributed by atoms with van der Waals surface area (Å²) in [6.45, 7) is 0.0779. The standard InChI is InChI=1S/C12H12O4/c1-2-8-14-10-12(13)16-15-9-11-6-4-3-5-7-11/h1,3-7H,8-10H2. The first-order valence-corrected chi connectivity index (χ1v) is 4.70. The van der Waals surface area contributed by atoms with Crippen molar-refractivity contribution < 1.29 is 19.3 Å². The van der Waals surface area contributed by atoms with Gasteiger partial charge in [-0.3, -0.25) is 4.89 Å². The van der Waals surface area contributed by atoms with Gasteiger partial charge in [0.1, 0.15) is 19.8 Å². The summed E-state index contributed by atoms with van der Waals surface area (Å²) in [6.07, 6.45) is 4.93. The number of hydrogen-bond donors (Lipinski definition) is 0. The fraction of sp³-hybridized carbons (Fsp3) is 0.250. The zero-order valence-corrected chi connectivity index (χ0v) is 8.72. The molecule has 0 aliphatic rings. The van der Waals surface area contributed by atoms with Crippen LogP contribution in [0.15, 0.2) is 30.3 Å². The number of rotatable bonds is 6. The normalized spacial score (nSPS) is 9.44. The minimum Gasteiger partial charge on any atom is -0.357 e. The average molecular weight is 220 g/mol. The van der Waals surface area contributed by atoms with Crippen molar-refractivity contribution in [2.45, 2.75) is 6.61 Å². The Morgan fingerprint density at radius 1 is 1.31 bits per heavy atom. The highest BCUT2D eigenvalue weighted by molar-refractivity contribution is 5.69. The molecular formula is C12H12O4. The third-order valence-corrected chi connectivity index (χ3v) is 1.63. The second-order valence-corrected chi connectivity index (χ2v) is 2.90. The van der Waals surface area contributed by atoms with Crippen molar-refractivity contribution in [3.8, 4) is 12.3 Å². The molecule has 0 aromatic heterocycles. The molecule has 4 heteroatoms. The van der Waals surface area contributed by atoms with Crippen LogP contribution in [0.1, 0.15) is 5.56 Å². The molecule has 0 aliphatic heterocycles. The number of terminal acetylenes is 1. The first kappa shape index (κ1) is 12.2. The Labute approximate surface area is 94.1 Å². The third kappa shape index (κ3) is 5.15. The molecule has 4 nitrogen and oxygen atoms in total. The van der Waals surface area contributed by atoms with Crippen molar-refractivity contribution >= 4 is 5.97 Å². The highest BCUT2D eigenvalue weighted by atomic mass is 17.2. The van der Waals surface area contributed by atoms with Crippen molar-refractivity contribution in [3.63, 3.8) is 0 Å². The van der Waals surface area contributed by atoms with E-state index < -0.39 is 5.97 Å². The van der Waals surface area contributed by atoms with Gasteiger partial charge in [-0.15, -0.1) is 6.42 Å². The van der Waals surface area contributed by atoms with E-state index in [4.69, 9.17) is 16.0 Å². The van der Waals surface area contributed by atoms with Crippen LogP contribution in [0, 0.1) is 12.3 Å². The van der Waals surface area contributed by atoms with E-state index in [0.717, 1.165) is 5.56 Å². The number of carbonyl (C=O) groups excluding carboxylic acids is 1. The van der Waals surface area contributed by atoms with E-state index in [2.05, 4.69) is 10.8 Å². The lowest BCUT2D eigenvalue weighted by atomic mass is 10.2. The fourth-order valence-corrected chi connectivity index (χ4v) is 0.955. The quantitative estimate of drug-likeness (QED) is 0.314. The summed E-state index contributed by atoms with van der Waals surface area (Å²) < 4.78 is 4.76. The van der Waals surface area contributed by atoms with Crippen LogP contribution in [0.2, 0.25) is 0 Å². The summed E-state index contributed by atoms with van der Waals surface area (Å²) in [5, 5.41) is 0. The first-order chi connectivity index (χ1) is 7.83. The molecule has 0 heterocycles. The fourth-order valence-electron chi connectivity index (χ4n) is 0.955. The van der Waals surface area contributed by atoms with Gasteiger partial charge in [-0.25, -0.2) is 4.79 Å². The molecule has 0 atom stereocenters. The first-order valence-electron chi connectivity index (χ1n) is 4.70. The zero-order chi connectivity index (χ0) is 11.6. The minimum absolute atomic E-state index is 0.0772. The third-order valence-electron chi connectivity index (χ3n) is 1.63. The SMILES string of the molecule is C#CCOCC(=O)OOCc1ccccc1. The monoisotopic (exact) mass is 220 g/mol. The summed E-state index contributed by atoms with van der Waals surface area (Å²) in [7, 11) is 0. The van der Waals surface area contributed by atoms with Gasteiger partial charge in [-0.05, 0) is 5.56 Å². The van der Waals surface area contributed by atoms with Crippen molar-refractivity contribution in [2.75, 3.05) is 13.2 Å². The molecule has 1 aromatic rings. The largest absolute Gasteiger partial charge is 0.367 e. The van der Waals surface area contributed by atoms with Crippen LogP contribution in [-0.4, -0.2) is 19.2 Å². The van der Waals surface area contributed by atoms with Crippen molar-refractivity contribution in [2.24, 2.45) is 0 Å². The predicted molar refractivity (Wildman–Crippen MR) is 57.0 cm³/mol. The van der Waals surface area contributed by atoms with E-state index in [-0.39, 0.29) is 19.8 Å². The van der Waals surface area contributed by atoms with Crippen LogP contribution < -0.4 is 0 Å². The maximum atomic E-state index is 11.0. The Balaban J connectivity index is 2.12. The van der Waals surface area contributed by atoms with Crippen molar-refractivity contribution in [1.29, 1.82) is 0 Å². The Morgan fingerprint density at radius 2 is 2.06 bits per heavy atom. The molecule has 16 heavy (non-hydrogen) atoms. The van der Waals surface area contributed by atoms with E-state index in [0.29, 0.717) is 0 Å². The van der Waals surface area contributed by atoms with Gasteiger partial charge in [0.2, 0.25) is 0 Å². The van der Waals surface area contributed by atoms with E-state index in [1.165, 1.54) is 0 Å². The highest BCUT2D eigenvalue weighted by Gasteiger charge is 2.03. The van der Waals surface area contributed by atoms with E-state index in [9.17, 15) is 4.79 Å². The zero-order valence-electron chi connectivity index (χ0n) is 8.72. The Morgan fingerprint density at radius 3 is 2.75 bits per heavy atom. The van der Waals surface area contributed by atoms with Crippen LogP contribution >= 0.6 is 0 Å². The molecule has 0 N–H and O–H groups in total. The van der Waals surface area contributed by atoms with E-state index in [1.807, 2.05) is 30.3 Å². The van der Waals surface area contributed by atoms with Crippen LogP contribution in [0.5, 0.6) is 0 Å². The lowest BCUT2D eigenvalue weighted by molar-refractivity contribution is -0.282. The van der Waals surface area contributed by atoms with Gasteiger partial charge in [-0.2, -0.15) is 4.89 Å². The highest BCUT2D eigenvalue weighted by Crippen LogP contribution is 2.00. The Kier molecular flexibility index (Phi) is 5.71. The second-order valence-electron chi connectivity index (χ2n) is 2.90. The smallest absolute Gasteiger partial charge is 0.357 e. The lowest BCUT2D eigenvalue weighted by Crippen LogP contribution is -2.13. The molecule has 0 saturated carbocycles. The van der Waals surface area contributed by atoms with Crippen LogP contribution in [-0.2, 0) is 25.9 Å². The molecule has 0 spiro atoms. The van der Waals surface area contributed by atoms with Crippen LogP contribution in [0.25, 0.3) is 0 Å². The summed E-state index contributed by atoms with van der Waals surface area (Å²) in [5.74, 6) is 1.63. The van der Waals surface area contributed by atoms with Crippen LogP contribution in [0.3, 0.4) is 0 Å². The van der Waals surface area contributed by atoms with Gasteiger partial charge in [0.25, 0.3) is 0 Å². The molecule has 0 unspecified atom stereocenters. The average Bonchev–Trinajstić information content (AvgIpc) is 2.31. The maximum absolute atomic E-state index is 11.0. The molecule has 84 valence electrons. The maximum Gasteiger partial charge on any atom is 0.367 e. The number of ether oxygens (including phenoxy) is 1.